The maximum absolute atomic E-state index is 12.8. The summed E-state index contributed by atoms with van der Waals surface area (Å²) in [5.41, 5.74) is -0.0801. The number of rotatable bonds is 2. The first-order chi connectivity index (χ1) is 9.97. The number of hydrogen-bond acceptors (Lipinski definition) is 2. The van der Waals surface area contributed by atoms with E-state index in [4.69, 9.17) is 0 Å². The van der Waals surface area contributed by atoms with Gasteiger partial charge in [0, 0.05) is 18.2 Å². The summed E-state index contributed by atoms with van der Waals surface area (Å²) in [4.78, 5) is 14.1. The first-order valence-electron chi connectivity index (χ1n) is 7.06. The Morgan fingerprint density at radius 3 is 2.67 bits per heavy atom. The highest BCUT2D eigenvalue weighted by Gasteiger charge is 2.38. The van der Waals surface area contributed by atoms with Gasteiger partial charge in [-0.25, -0.2) is 0 Å². The Balaban J connectivity index is 1.83. The molecule has 1 unspecified atom stereocenters. The lowest BCUT2D eigenvalue weighted by atomic mass is 9.84. The third kappa shape index (κ3) is 2.91. The summed E-state index contributed by atoms with van der Waals surface area (Å²) in [6.07, 6.45) is -1.45. The van der Waals surface area contributed by atoms with E-state index < -0.39 is 11.7 Å². The molecular formula is C15H16F3NOS. The van der Waals surface area contributed by atoms with Crippen molar-refractivity contribution in [3.63, 3.8) is 0 Å². The second-order valence-corrected chi connectivity index (χ2v) is 6.69. The van der Waals surface area contributed by atoms with E-state index in [1.165, 1.54) is 12.1 Å². The quantitative estimate of drug-likeness (QED) is 0.819. The fourth-order valence-electron chi connectivity index (χ4n) is 2.73. The standard InChI is InChI=1S/C15H16F3NOS/c16-15(17,18)12-6-2-5-11(9-12)14-19(7-8-21-14)13(20)10-3-1-4-10/h2,5-6,9-10,14H,1,3-4,7-8H2. The topological polar surface area (TPSA) is 20.3 Å². The van der Waals surface area contributed by atoms with Crippen LogP contribution in [0.3, 0.4) is 0 Å². The highest BCUT2D eigenvalue weighted by Crippen LogP contribution is 2.42. The maximum Gasteiger partial charge on any atom is 0.416 e. The van der Waals surface area contributed by atoms with Crippen LogP contribution >= 0.6 is 11.8 Å². The molecule has 0 N–H and O–H groups in total. The van der Waals surface area contributed by atoms with Crippen molar-refractivity contribution in [1.82, 2.24) is 4.90 Å². The van der Waals surface area contributed by atoms with Gasteiger partial charge in [-0.3, -0.25) is 4.79 Å². The number of benzene rings is 1. The zero-order valence-corrected chi connectivity index (χ0v) is 12.2. The minimum absolute atomic E-state index is 0.0806. The minimum atomic E-state index is -4.35. The highest BCUT2D eigenvalue weighted by molar-refractivity contribution is 7.99. The first kappa shape index (κ1) is 14.8. The van der Waals surface area contributed by atoms with Gasteiger partial charge in [-0.2, -0.15) is 13.2 Å². The number of nitrogens with zero attached hydrogens (tertiary/aromatic N) is 1. The summed E-state index contributed by atoms with van der Waals surface area (Å²) >= 11 is 1.54. The molecule has 0 bridgehead atoms. The zero-order chi connectivity index (χ0) is 15.0. The Morgan fingerprint density at radius 1 is 1.29 bits per heavy atom. The number of alkyl halides is 3. The van der Waals surface area contributed by atoms with E-state index in [0.717, 1.165) is 31.1 Å². The lowest BCUT2D eigenvalue weighted by molar-refractivity contribution is -0.138. The van der Waals surface area contributed by atoms with Crippen molar-refractivity contribution in [2.24, 2.45) is 5.92 Å². The third-order valence-corrected chi connectivity index (χ3v) is 5.39. The van der Waals surface area contributed by atoms with Gasteiger partial charge in [0.15, 0.2) is 0 Å². The number of carbonyl (C=O) groups excluding carboxylic acids is 1. The summed E-state index contributed by atoms with van der Waals surface area (Å²) in [5.74, 6) is 0.963. The second-order valence-electron chi connectivity index (χ2n) is 5.51. The molecular weight excluding hydrogens is 299 g/mol. The molecule has 6 heteroatoms. The van der Waals surface area contributed by atoms with Crippen molar-refractivity contribution in [3.8, 4) is 0 Å². The Bertz CT molecular complexity index is 542. The molecule has 0 aromatic heterocycles. The van der Waals surface area contributed by atoms with Gasteiger partial charge in [-0.05, 0) is 30.5 Å². The number of carbonyl (C=O) groups is 1. The summed E-state index contributed by atoms with van der Waals surface area (Å²) in [5, 5.41) is -0.277. The highest BCUT2D eigenvalue weighted by atomic mass is 32.2. The van der Waals surface area contributed by atoms with Crippen LogP contribution in [-0.2, 0) is 11.0 Å². The number of amides is 1. The van der Waals surface area contributed by atoms with Crippen LogP contribution in [0.5, 0.6) is 0 Å². The van der Waals surface area contributed by atoms with Crippen LogP contribution in [0, 0.1) is 5.92 Å². The van der Waals surface area contributed by atoms with Crippen LogP contribution in [0.4, 0.5) is 13.2 Å². The second kappa shape index (κ2) is 5.55. The van der Waals surface area contributed by atoms with Gasteiger partial charge in [0.1, 0.15) is 5.37 Å². The van der Waals surface area contributed by atoms with Crippen LogP contribution in [0.2, 0.25) is 0 Å². The van der Waals surface area contributed by atoms with E-state index >= 15 is 0 Å². The van der Waals surface area contributed by atoms with Crippen molar-refractivity contribution in [1.29, 1.82) is 0 Å². The van der Waals surface area contributed by atoms with E-state index in [2.05, 4.69) is 0 Å². The molecule has 1 saturated heterocycles. The lowest BCUT2D eigenvalue weighted by Gasteiger charge is -2.32. The van der Waals surface area contributed by atoms with Crippen LogP contribution in [0.25, 0.3) is 0 Å². The molecule has 2 fully saturated rings. The summed E-state index contributed by atoms with van der Waals surface area (Å²) < 4.78 is 38.4. The number of thioether (sulfide) groups is 1. The van der Waals surface area contributed by atoms with Gasteiger partial charge in [0.05, 0.1) is 5.56 Å². The molecule has 1 aromatic carbocycles. The average Bonchev–Trinajstić information content (AvgIpc) is 2.85. The molecule has 1 heterocycles. The van der Waals surface area contributed by atoms with Crippen LogP contribution in [0.1, 0.15) is 35.8 Å². The largest absolute Gasteiger partial charge is 0.416 e. The summed E-state index contributed by atoms with van der Waals surface area (Å²) in [6.45, 7) is 0.626. The molecule has 1 saturated carbocycles. The smallest absolute Gasteiger partial charge is 0.325 e. The van der Waals surface area contributed by atoms with Gasteiger partial charge in [0.2, 0.25) is 5.91 Å². The average molecular weight is 315 g/mol. The number of halogens is 3. The fraction of sp³-hybridized carbons (Fsp3) is 0.533. The van der Waals surface area contributed by atoms with Crippen molar-refractivity contribution >= 4 is 17.7 Å². The Hall–Kier alpha value is -1.17. The monoisotopic (exact) mass is 315 g/mol. The zero-order valence-electron chi connectivity index (χ0n) is 11.4. The molecule has 21 heavy (non-hydrogen) atoms. The molecule has 3 rings (SSSR count). The maximum atomic E-state index is 12.8. The fourth-order valence-corrected chi connectivity index (χ4v) is 3.98. The van der Waals surface area contributed by atoms with Crippen molar-refractivity contribution in [2.45, 2.75) is 30.8 Å². The van der Waals surface area contributed by atoms with E-state index in [0.29, 0.717) is 12.1 Å². The molecule has 2 aliphatic rings. The van der Waals surface area contributed by atoms with Gasteiger partial charge < -0.3 is 4.90 Å². The van der Waals surface area contributed by atoms with Crippen LogP contribution < -0.4 is 0 Å². The predicted octanol–water partition coefficient (Wildman–Crippen LogP) is 4.08. The van der Waals surface area contributed by atoms with Gasteiger partial charge in [-0.1, -0.05) is 18.6 Å². The Kier molecular flexibility index (Phi) is 3.90. The van der Waals surface area contributed by atoms with Gasteiger partial charge >= 0.3 is 6.18 Å². The van der Waals surface area contributed by atoms with Crippen molar-refractivity contribution in [3.05, 3.63) is 35.4 Å². The first-order valence-corrected chi connectivity index (χ1v) is 8.11. The van der Waals surface area contributed by atoms with Crippen molar-refractivity contribution < 1.29 is 18.0 Å². The summed E-state index contributed by atoms with van der Waals surface area (Å²) in [7, 11) is 0. The SMILES string of the molecule is O=C(C1CCC1)N1CCSC1c1cccc(C(F)(F)F)c1. The normalized spacial score (nSPS) is 23.2. The third-order valence-electron chi connectivity index (χ3n) is 4.13. The predicted molar refractivity (Wildman–Crippen MR) is 75.7 cm³/mol. The molecule has 0 radical (unpaired) electrons. The molecule has 1 aliphatic heterocycles. The molecule has 1 atom stereocenters. The van der Waals surface area contributed by atoms with E-state index in [-0.39, 0.29) is 17.2 Å². The van der Waals surface area contributed by atoms with Gasteiger partial charge in [0.25, 0.3) is 0 Å². The van der Waals surface area contributed by atoms with Crippen LogP contribution in [0.15, 0.2) is 24.3 Å². The van der Waals surface area contributed by atoms with E-state index in [1.54, 1.807) is 22.7 Å². The van der Waals surface area contributed by atoms with Gasteiger partial charge in [-0.15, -0.1) is 11.8 Å². The van der Waals surface area contributed by atoms with E-state index in [9.17, 15) is 18.0 Å². The van der Waals surface area contributed by atoms with E-state index in [1.807, 2.05) is 0 Å². The van der Waals surface area contributed by atoms with Crippen LogP contribution in [-0.4, -0.2) is 23.1 Å². The molecule has 1 amide bonds. The minimum Gasteiger partial charge on any atom is -0.325 e. The Morgan fingerprint density at radius 2 is 2.05 bits per heavy atom. The molecule has 114 valence electrons. The molecule has 1 aromatic rings. The molecule has 2 nitrogen and oxygen atoms in total. The Labute approximate surface area is 125 Å². The van der Waals surface area contributed by atoms with Crippen molar-refractivity contribution in [2.75, 3.05) is 12.3 Å². The molecule has 1 aliphatic carbocycles. The molecule has 0 spiro atoms. The lowest BCUT2D eigenvalue weighted by Crippen LogP contribution is -2.38. The number of hydrogen-bond donors (Lipinski definition) is 0. The summed E-state index contributed by atoms with van der Waals surface area (Å²) in [6, 6.07) is 5.34.